The molecule has 3 heteroatoms. The quantitative estimate of drug-likeness (QED) is 0.572. The number of ketones is 1. The Labute approximate surface area is 107 Å². The van der Waals surface area contributed by atoms with Crippen LogP contribution in [0.15, 0.2) is 42.7 Å². The molecule has 0 atom stereocenters. The van der Waals surface area contributed by atoms with E-state index in [1.165, 1.54) is 0 Å². The van der Waals surface area contributed by atoms with Crippen molar-refractivity contribution in [2.75, 3.05) is 0 Å². The third kappa shape index (κ3) is 3.06. The van der Waals surface area contributed by atoms with Crippen LogP contribution in [0.3, 0.4) is 0 Å². The summed E-state index contributed by atoms with van der Waals surface area (Å²) in [5.41, 5.74) is 1.68. The molecule has 0 bridgehead atoms. The lowest BCUT2D eigenvalue weighted by Crippen LogP contribution is -1.97. The van der Waals surface area contributed by atoms with Crippen LogP contribution in [0.5, 0.6) is 0 Å². The summed E-state index contributed by atoms with van der Waals surface area (Å²) in [7, 11) is 0. The van der Waals surface area contributed by atoms with Crippen LogP contribution in [0.1, 0.15) is 43.0 Å². The number of carbonyl (C=O) groups is 1. The minimum absolute atomic E-state index is 0.186. The van der Waals surface area contributed by atoms with Gasteiger partial charge in [-0.1, -0.05) is 38.0 Å². The molecule has 2 rings (SSSR count). The summed E-state index contributed by atoms with van der Waals surface area (Å²) in [5.74, 6) is 0.186. The molecule has 0 saturated carbocycles. The third-order valence-corrected chi connectivity index (χ3v) is 2.93. The van der Waals surface area contributed by atoms with Gasteiger partial charge in [0.15, 0.2) is 5.78 Å². The van der Waals surface area contributed by atoms with Crippen molar-refractivity contribution in [1.82, 2.24) is 9.78 Å². The van der Waals surface area contributed by atoms with Gasteiger partial charge >= 0.3 is 0 Å². The first kappa shape index (κ1) is 12.6. The van der Waals surface area contributed by atoms with Crippen molar-refractivity contribution in [2.24, 2.45) is 0 Å². The second-order valence-electron chi connectivity index (χ2n) is 4.39. The number of rotatable bonds is 6. The molecule has 0 saturated heterocycles. The molecule has 1 heterocycles. The number of hydrogen-bond acceptors (Lipinski definition) is 2. The largest absolute Gasteiger partial charge is 0.294 e. The maximum Gasteiger partial charge on any atom is 0.166 e. The lowest BCUT2D eigenvalue weighted by Gasteiger charge is -1.99. The SMILES string of the molecule is CCCCCC(=O)c1cnn(-c2ccccc2)c1. The molecule has 0 aliphatic rings. The molecule has 3 nitrogen and oxygen atoms in total. The molecule has 0 amide bonds. The van der Waals surface area contributed by atoms with Gasteiger partial charge in [0.05, 0.1) is 17.4 Å². The lowest BCUT2D eigenvalue weighted by atomic mass is 10.1. The summed E-state index contributed by atoms with van der Waals surface area (Å²) in [4.78, 5) is 11.9. The fourth-order valence-electron chi connectivity index (χ4n) is 1.87. The molecule has 0 N–H and O–H groups in total. The zero-order valence-electron chi connectivity index (χ0n) is 10.7. The summed E-state index contributed by atoms with van der Waals surface area (Å²) < 4.78 is 1.74. The molecule has 18 heavy (non-hydrogen) atoms. The standard InChI is InChI=1S/C15H18N2O/c1-2-3-5-10-15(18)13-11-16-17(12-13)14-8-6-4-7-9-14/h4,6-9,11-12H,2-3,5,10H2,1H3. The van der Waals surface area contributed by atoms with Gasteiger partial charge in [-0.05, 0) is 18.6 Å². The van der Waals surface area contributed by atoms with E-state index >= 15 is 0 Å². The van der Waals surface area contributed by atoms with E-state index in [4.69, 9.17) is 0 Å². The Balaban J connectivity index is 2.04. The molecule has 0 aliphatic heterocycles. The summed E-state index contributed by atoms with van der Waals surface area (Å²) in [5, 5.41) is 4.23. The van der Waals surface area contributed by atoms with E-state index in [9.17, 15) is 4.79 Å². The zero-order chi connectivity index (χ0) is 12.8. The van der Waals surface area contributed by atoms with Crippen molar-refractivity contribution in [3.63, 3.8) is 0 Å². The van der Waals surface area contributed by atoms with Gasteiger partial charge in [-0.2, -0.15) is 5.10 Å². The number of benzene rings is 1. The lowest BCUT2D eigenvalue weighted by molar-refractivity contribution is 0.0979. The van der Waals surface area contributed by atoms with Gasteiger partial charge in [0.25, 0.3) is 0 Å². The molecule has 1 aromatic heterocycles. The van der Waals surface area contributed by atoms with Crippen LogP contribution < -0.4 is 0 Å². The number of aromatic nitrogens is 2. The molecule has 0 aliphatic carbocycles. The van der Waals surface area contributed by atoms with E-state index in [1.54, 1.807) is 10.9 Å². The van der Waals surface area contributed by atoms with Crippen molar-refractivity contribution in [2.45, 2.75) is 32.6 Å². The van der Waals surface area contributed by atoms with E-state index in [0.29, 0.717) is 12.0 Å². The van der Waals surface area contributed by atoms with Crippen molar-refractivity contribution < 1.29 is 4.79 Å². The average molecular weight is 242 g/mol. The Bertz CT molecular complexity index is 502. The number of Topliss-reactive ketones (excluding diaryl/α,β-unsaturated/α-hetero) is 1. The van der Waals surface area contributed by atoms with Gasteiger partial charge in [-0.25, -0.2) is 4.68 Å². The van der Waals surface area contributed by atoms with Crippen LogP contribution >= 0.6 is 0 Å². The predicted molar refractivity (Wildman–Crippen MR) is 72.0 cm³/mol. The topological polar surface area (TPSA) is 34.9 Å². The highest BCUT2D eigenvalue weighted by atomic mass is 16.1. The first-order chi connectivity index (χ1) is 8.81. The normalized spacial score (nSPS) is 10.5. The van der Waals surface area contributed by atoms with Gasteiger partial charge in [0.2, 0.25) is 0 Å². The molecular weight excluding hydrogens is 224 g/mol. The Morgan fingerprint density at radius 1 is 1.22 bits per heavy atom. The first-order valence-electron chi connectivity index (χ1n) is 6.44. The Hall–Kier alpha value is -1.90. The van der Waals surface area contributed by atoms with E-state index in [1.807, 2.05) is 36.5 Å². The van der Waals surface area contributed by atoms with E-state index in [0.717, 1.165) is 24.9 Å². The zero-order valence-corrected chi connectivity index (χ0v) is 10.7. The van der Waals surface area contributed by atoms with Gasteiger partial charge in [-0.3, -0.25) is 4.79 Å². The highest BCUT2D eigenvalue weighted by Gasteiger charge is 2.08. The molecule has 94 valence electrons. The summed E-state index contributed by atoms with van der Waals surface area (Å²) in [6, 6.07) is 9.82. The second-order valence-corrected chi connectivity index (χ2v) is 4.39. The summed E-state index contributed by atoms with van der Waals surface area (Å²) in [6.07, 6.45) is 7.29. The van der Waals surface area contributed by atoms with Crippen LogP contribution in [-0.2, 0) is 0 Å². The third-order valence-electron chi connectivity index (χ3n) is 2.93. The summed E-state index contributed by atoms with van der Waals surface area (Å²) in [6.45, 7) is 2.14. The summed E-state index contributed by atoms with van der Waals surface area (Å²) >= 11 is 0. The fourth-order valence-corrected chi connectivity index (χ4v) is 1.87. The Kier molecular flexibility index (Phi) is 4.29. The monoisotopic (exact) mass is 242 g/mol. The fraction of sp³-hybridized carbons (Fsp3) is 0.333. The number of para-hydroxylation sites is 1. The van der Waals surface area contributed by atoms with Crippen molar-refractivity contribution >= 4 is 5.78 Å². The Morgan fingerprint density at radius 2 is 2.00 bits per heavy atom. The highest BCUT2D eigenvalue weighted by molar-refractivity contribution is 5.95. The van der Waals surface area contributed by atoms with Crippen LogP contribution in [0.25, 0.3) is 5.69 Å². The maximum absolute atomic E-state index is 11.9. The average Bonchev–Trinajstić information content (AvgIpc) is 2.89. The molecule has 0 fully saturated rings. The van der Waals surface area contributed by atoms with E-state index < -0.39 is 0 Å². The Morgan fingerprint density at radius 3 is 2.72 bits per heavy atom. The van der Waals surface area contributed by atoms with Crippen molar-refractivity contribution in [3.8, 4) is 5.69 Å². The maximum atomic E-state index is 11.9. The number of unbranched alkanes of at least 4 members (excludes halogenated alkanes) is 2. The molecule has 1 aromatic carbocycles. The smallest absolute Gasteiger partial charge is 0.166 e. The molecule has 0 spiro atoms. The minimum atomic E-state index is 0.186. The van der Waals surface area contributed by atoms with Gasteiger partial charge < -0.3 is 0 Å². The number of carbonyl (C=O) groups excluding carboxylic acids is 1. The van der Waals surface area contributed by atoms with Gasteiger partial charge in [0, 0.05) is 12.6 Å². The van der Waals surface area contributed by atoms with Crippen LogP contribution in [-0.4, -0.2) is 15.6 Å². The number of nitrogens with zero attached hydrogens (tertiary/aromatic N) is 2. The van der Waals surface area contributed by atoms with E-state index in [-0.39, 0.29) is 5.78 Å². The molecule has 0 unspecified atom stereocenters. The van der Waals surface area contributed by atoms with Gasteiger partial charge in [-0.15, -0.1) is 0 Å². The number of hydrogen-bond donors (Lipinski definition) is 0. The van der Waals surface area contributed by atoms with Crippen LogP contribution in [0.4, 0.5) is 0 Å². The highest BCUT2D eigenvalue weighted by Crippen LogP contribution is 2.11. The van der Waals surface area contributed by atoms with Crippen molar-refractivity contribution in [1.29, 1.82) is 0 Å². The van der Waals surface area contributed by atoms with Gasteiger partial charge in [0.1, 0.15) is 0 Å². The van der Waals surface area contributed by atoms with Crippen molar-refractivity contribution in [3.05, 3.63) is 48.3 Å². The molecule has 0 radical (unpaired) electrons. The molecular formula is C15H18N2O. The van der Waals surface area contributed by atoms with Crippen LogP contribution in [0, 0.1) is 0 Å². The minimum Gasteiger partial charge on any atom is -0.294 e. The first-order valence-corrected chi connectivity index (χ1v) is 6.44. The second kappa shape index (κ2) is 6.15. The predicted octanol–water partition coefficient (Wildman–Crippen LogP) is 3.64. The van der Waals surface area contributed by atoms with Crippen LogP contribution in [0.2, 0.25) is 0 Å². The molecule has 2 aromatic rings. The van der Waals surface area contributed by atoms with E-state index in [2.05, 4.69) is 12.0 Å².